The first-order valence-electron chi connectivity index (χ1n) is 7.51. The Kier molecular flexibility index (Phi) is 4.75. The molecule has 2 heterocycles. The van der Waals surface area contributed by atoms with Gasteiger partial charge in [-0.3, -0.25) is 4.98 Å². The van der Waals surface area contributed by atoms with Gasteiger partial charge in [0, 0.05) is 37.6 Å². The van der Waals surface area contributed by atoms with Crippen LogP contribution in [-0.4, -0.2) is 44.4 Å². The Hall–Kier alpha value is -2.27. The zero-order valence-electron chi connectivity index (χ0n) is 12.7. The lowest BCUT2D eigenvalue weighted by Crippen LogP contribution is -2.54. The fourth-order valence-corrected chi connectivity index (χ4v) is 2.66. The molecule has 0 radical (unpaired) electrons. The monoisotopic (exact) mass is 299 g/mol. The highest BCUT2D eigenvalue weighted by Gasteiger charge is 2.23. The molecule has 1 aromatic carbocycles. The van der Waals surface area contributed by atoms with Gasteiger partial charge in [0.05, 0.1) is 19.3 Å². The van der Waals surface area contributed by atoms with E-state index in [0.717, 1.165) is 31.1 Å². The summed E-state index contributed by atoms with van der Waals surface area (Å²) in [5, 5.41) is 3.43. The van der Waals surface area contributed by atoms with Crippen molar-refractivity contribution in [3.05, 3.63) is 48.8 Å². The van der Waals surface area contributed by atoms with Crippen LogP contribution in [-0.2, 0) is 0 Å². The summed E-state index contributed by atoms with van der Waals surface area (Å²) in [5.41, 5.74) is 1.17. The molecule has 5 nitrogen and oxygen atoms in total. The molecule has 1 aliphatic heterocycles. The van der Waals surface area contributed by atoms with Crippen LogP contribution in [0.5, 0.6) is 11.5 Å². The molecule has 0 amide bonds. The predicted octanol–water partition coefficient (Wildman–Crippen LogP) is 1.95. The van der Waals surface area contributed by atoms with Gasteiger partial charge in [0.2, 0.25) is 0 Å². The number of nitrogens with one attached hydrogen (secondary N) is 1. The van der Waals surface area contributed by atoms with Crippen molar-refractivity contribution in [1.29, 1.82) is 0 Å². The molecule has 22 heavy (non-hydrogen) atoms. The van der Waals surface area contributed by atoms with E-state index in [9.17, 15) is 0 Å². The van der Waals surface area contributed by atoms with Gasteiger partial charge >= 0.3 is 0 Å². The van der Waals surface area contributed by atoms with Crippen LogP contribution in [0.3, 0.4) is 0 Å². The van der Waals surface area contributed by atoms with E-state index >= 15 is 0 Å². The highest BCUT2D eigenvalue weighted by molar-refractivity contribution is 5.52. The van der Waals surface area contributed by atoms with Crippen LogP contribution in [0.15, 0.2) is 48.8 Å². The number of benzene rings is 1. The predicted molar refractivity (Wildman–Crippen MR) is 86.7 cm³/mol. The Balaban J connectivity index is 1.70. The van der Waals surface area contributed by atoms with Gasteiger partial charge in [0.1, 0.15) is 18.1 Å². The number of ether oxygens (including phenoxy) is 2. The average molecular weight is 299 g/mol. The normalized spacial score (nSPS) is 18.0. The summed E-state index contributed by atoms with van der Waals surface area (Å²) in [4.78, 5) is 6.45. The van der Waals surface area contributed by atoms with Crippen molar-refractivity contribution in [1.82, 2.24) is 10.3 Å². The third-order valence-electron chi connectivity index (χ3n) is 3.81. The molecule has 0 aliphatic carbocycles. The summed E-state index contributed by atoms with van der Waals surface area (Å²) >= 11 is 0. The van der Waals surface area contributed by atoms with Crippen LogP contribution < -0.4 is 19.7 Å². The van der Waals surface area contributed by atoms with Crippen molar-refractivity contribution in [2.24, 2.45) is 0 Å². The van der Waals surface area contributed by atoms with E-state index in [-0.39, 0.29) is 6.04 Å². The molecule has 1 N–H and O–H groups in total. The van der Waals surface area contributed by atoms with Crippen molar-refractivity contribution in [3.8, 4) is 11.5 Å². The maximum atomic E-state index is 5.88. The van der Waals surface area contributed by atoms with Crippen LogP contribution in [0, 0.1) is 0 Å². The molecule has 2 aromatic rings. The highest BCUT2D eigenvalue weighted by atomic mass is 16.5. The number of pyridine rings is 1. The smallest absolute Gasteiger partial charge is 0.137 e. The summed E-state index contributed by atoms with van der Waals surface area (Å²) in [6, 6.07) is 12.3. The van der Waals surface area contributed by atoms with Gasteiger partial charge in [-0.15, -0.1) is 0 Å². The number of nitrogens with zero attached hydrogens (tertiary/aromatic N) is 2. The standard InChI is InChI=1S/C17H21N3O2/c1-21-16-5-2-4-14(10-16)20-9-8-19-11-15(20)13-22-17-6-3-7-18-12-17/h2-7,10,12,15,19H,8-9,11,13H2,1H3. The van der Waals surface area contributed by atoms with E-state index in [1.54, 1.807) is 19.5 Å². The van der Waals surface area contributed by atoms with Crippen molar-refractivity contribution in [2.45, 2.75) is 6.04 Å². The number of anilines is 1. The van der Waals surface area contributed by atoms with Gasteiger partial charge in [-0.05, 0) is 24.3 Å². The molecular weight excluding hydrogens is 278 g/mol. The Morgan fingerprint density at radius 3 is 3.00 bits per heavy atom. The van der Waals surface area contributed by atoms with Gasteiger partial charge in [-0.25, -0.2) is 0 Å². The van der Waals surface area contributed by atoms with Crippen LogP contribution in [0.1, 0.15) is 0 Å². The summed E-state index contributed by atoms with van der Waals surface area (Å²) in [5.74, 6) is 1.68. The fraction of sp³-hybridized carbons (Fsp3) is 0.353. The molecule has 1 saturated heterocycles. The van der Waals surface area contributed by atoms with Gasteiger partial charge in [-0.1, -0.05) is 6.07 Å². The molecule has 1 unspecified atom stereocenters. The average Bonchev–Trinajstić information content (AvgIpc) is 2.61. The van der Waals surface area contributed by atoms with Gasteiger partial charge in [0.15, 0.2) is 0 Å². The number of hydrogen-bond donors (Lipinski definition) is 1. The van der Waals surface area contributed by atoms with E-state index in [1.165, 1.54) is 5.69 Å². The lowest BCUT2D eigenvalue weighted by Gasteiger charge is -2.37. The maximum absolute atomic E-state index is 5.88. The first kappa shape index (κ1) is 14.7. The summed E-state index contributed by atoms with van der Waals surface area (Å²) in [6.07, 6.45) is 3.49. The third-order valence-corrected chi connectivity index (χ3v) is 3.81. The Morgan fingerprint density at radius 2 is 2.18 bits per heavy atom. The molecule has 116 valence electrons. The molecule has 5 heteroatoms. The molecule has 1 aromatic heterocycles. The number of methoxy groups -OCH3 is 1. The number of hydrogen-bond acceptors (Lipinski definition) is 5. The van der Waals surface area contributed by atoms with Gasteiger partial charge < -0.3 is 19.7 Å². The zero-order valence-corrected chi connectivity index (χ0v) is 12.7. The van der Waals surface area contributed by atoms with Crippen LogP contribution >= 0.6 is 0 Å². The quantitative estimate of drug-likeness (QED) is 0.914. The largest absolute Gasteiger partial charge is 0.497 e. The number of piperazine rings is 1. The highest BCUT2D eigenvalue weighted by Crippen LogP contribution is 2.24. The molecule has 0 bridgehead atoms. The van der Waals surface area contributed by atoms with Crippen molar-refractivity contribution >= 4 is 5.69 Å². The molecule has 1 atom stereocenters. The minimum atomic E-state index is 0.279. The summed E-state index contributed by atoms with van der Waals surface area (Å²) < 4.78 is 11.2. The van der Waals surface area contributed by atoms with E-state index in [0.29, 0.717) is 6.61 Å². The molecular formula is C17H21N3O2. The molecule has 3 rings (SSSR count). The second-order valence-electron chi connectivity index (χ2n) is 5.25. The van der Waals surface area contributed by atoms with Crippen molar-refractivity contribution in [3.63, 3.8) is 0 Å². The zero-order chi connectivity index (χ0) is 15.2. The van der Waals surface area contributed by atoms with Gasteiger partial charge in [-0.2, -0.15) is 0 Å². The topological polar surface area (TPSA) is 46.6 Å². The first-order chi connectivity index (χ1) is 10.9. The summed E-state index contributed by atoms with van der Waals surface area (Å²) in [6.45, 7) is 3.45. The lowest BCUT2D eigenvalue weighted by atomic mass is 10.1. The third kappa shape index (κ3) is 3.49. The molecule has 1 fully saturated rings. The Bertz CT molecular complexity index is 591. The van der Waals surface area contributed by atoms with Crippen molar-refractivity contribution < 1.29 is 9.47 Å². The fourth-order valence-electron chi connectivity index (χ4n) is 2.66. The second-order valence-corrected chi connectivity index (χ2v) is 5.25. The van der Waals surface area contributed by atoms with Crippen LogP contribution in [0.2, 0.25) is 0 Å². The molecule has 0 spiro atoms. The maximum Gasteiger partial charge on any atom is 0.137 e. The molecule has 1 aliphatic rings. The minimum Gasteiger partial charge on any atom is -0.497 e. The number of rotatable bonds is 5. The second kappa shape index (κ2) is 7.13. The van der Waals surface area contributed by atoms with Crippen molar-refractivity contribution in [2.75, 3.05) is 38.3 Å². The molecule has 0 saturated carbocycles. The first-order valence-corrected chi connectivity index (χ1v) is 7.51. The van der Waals surface area contributed by atoms with E-state index in [4.69, 9.17) is 9.47 Å². The Morgan fingerprint density at radius 1 is 1.27 bits per heavy atom. The van der Waals surface area contributed by atoms with Crippen LogP contribution in [0.4, 0.5) is 5.69 Å². The SMILES string of the molecule is COc1cccc(N2CCNCC2COc2cccnc2)c1. The lowest BCUT2D eigenvalue weighted by molar-refractivity contribution is 0.266. The van der Waals surface area contributed by atoms with E-state index in [1.807, 2.05) is 24.3 Å². The van der Waals surface area contributed by atoms with E-state index in [2.05, 4.69) is 27.3 Å². The van der Waals surface area contributed by atoms with Crippen LogP contribution in [0.25, 0.3) is 0 Å². The Labute approximate surface area is 130 Å². The number of aromatic nitrogens is 1. The minimum absolute atomic E-state index is 0.279. The summed E-state index contributed by atoms with van der Waals surface area (Å²) in [7, 11) is 1.69. The van der Waals surface area contributed by atoms with Gasteiger partial charge in [0.25, 0.3) is 0 Å². The van der Waals surface area contributed by atoms with E-state index < -0.39 is 0 Å².